The lowest BCUT2D eigenvalue weighted by atomic mass is 10.1. The van der Waals surface area contributed by atoms with Gasteiger partial charge >= 0.3 is 6.03 Å². The van der Waals surface area contributed by atoms with Crippen LogP contribution in [-0.4, -0.2) is 32.3 Å². The molecule has 8 heteroatoms. The summed E-state index contributed by atoms with van der Waals surface area (Å²) in [6, 6.07) is 35.2. The number of carbonyl (C=O) groups excluding carboxylic acids is 1. The summed E-state index contributed by atoms with van der Waals surface area (Å²) < 4.78 is 14.8. The number of nitrogens with zero attached hydrogens (tertiary/aromatic N) is 2. The molecule has 0 radical (unpaired) electrons. The van der Waals surface area contributed by atoms with Crippen molar-refractivity contribution in [3.8, 4) is 0 Å². The van der Waals surface area contributed by atoms with Crippen molar-refractivity contribution < 1.29 is 14.3 Å². The second-order valence-electron chi connectivity index (χ2n) is 10.5. The van der Waals surface area contributed by atoms with Gasteiger partial charge < -0.3 is 14.7 Å². The third-order valence-electron chi connectivity index (χ3n) is 7.65. The van der Waals surface area contributed by atoms with Crippen LogP contribution in [0.4, 0.5) is 4.79 Å². The van der Waals surface area contributed by atoms with Crippen molar-refractivity contribution >= 4 is 45.3 Å². The molecule has 4 aromatic rings. The number of rotatable bonds is 10. The second-order valence-corrected chi connectivity index (χ2v) is 14.1. The Morgan fingerprint density at radius 3 is 1.24 bits per heavy atom. The normalized spacial score (nSPS) is 18.5. The third kappa shape index (κ3) is 7.03. The zero-order valence-electron chi connectivity index (χ0n) is 22.7. The lowest BCUT2D eigenvalue weighted by Crippen LogP contribution is -2.58. The fourth-order valence-electron chi connectivity index (χ4n) is 5.36. The van der Waals surface area contributed by atoms with E-state index in [1.54, 1.807) is 9.80 Å². The summed E-state index contributed by atoms with van der Waals surface area (Å²) >= 11 is 6.98. The van der Waals surface area contributed by atoms with Crippen LogP contribution >= 0.6 is 39.2 Å². The molecule has 1 heterocycles. The average molecular weight is 696 g/mol. The monoisotopic (exact) mass is 694 g/mol. The van der Waals surface area contributed by atoms with E-state index in [0.29, 0.717) is 12.8 Å². The molecule has 0 unspecified atom stereocenters. The van der Waals surface area contributed by atoms with E-state index in [0.717, 1.165) is 44.0 Å². The summed E-state index contributed by atoms with van der Waals surface area (Å²) in [5, 5.41) is 1.47. The molecule has 1 fully saturated rings. The summed E-state index contributed by atoms with van der Waals surface area (Å²) in [6.45, 7) is 0.501. The highest BCUT2D eigenvalue weighted by molar-refractivity contribution is 9.08. The summed E-state index contributed by atoms with van der Waals surface area (Å²) in [4.78, 5) is 29.8. The molecular formula is C33H33Br2N2O3P. The van der Waals surface area contributed by atoms with Crippen molar-refractivity contribution in [3.05, 3.63) is 143 Å². The fraction of sp³-hybridized carbons (Fsp3) is 0.242. The molecule has 4 aromatic carbocycles. The van der Waals surface area contributed by atoms with Crippen molar-refractivity contribution in [2.45, 2.75) is 48.2 Å². The van der Waals surface area contributed by atoms with Gasteiger partial charge in [-0.2, -0.15) is 0 Å². The Hall–Kier alpha value is -2.70. The van der Waals surface area contributed by atoms with Crippen LogP contribution in [0.3, 0.4) is 0 Å². The van der Waals surface area contributed by atoms with E-state index in [1.807, 2.05) is 109 Å². The fourth-order valence-corrected chi connectivity index (χ4v) is 8.61. The molecule has 0 bridgehead atoms. The lowest BCUT2D eigenvalue weighted by Gasteiger charge is -2.49. The Labute approximate surface area is 258 Å². The van der Waals surface area contributed by atoms with E-state index in [9.17, 15) is 14.3 Å². The molecule has 2 amide bonds. The maximum absolute atomic E-state index is 14.8. The molecule has 1 aliphatic heterocycles. The third-order valence-corrected chi connectivity index (χ3v) is 11.6. The highest BCUT2D eigenvalue weighted by atomic mass is 79.9. The minimum atomic E-state index is -3.98. The Morgan fingerprint density at radius 1 is 0.561 bits per heavy atom. The summed E-state index contributed by atoms with van der Waals surface area (Å²) in [5.41, 5.74) is 5.95. The van der Waals surface area contributed by atoms with Gasteiger partial charge in [-0.05, 0) is 33.4 Å². The molecule has 1 N–H and O–H groups in total. The number of amides is 2. The van der Waals surface area contributed by atoms with Gasteiger partial charge in [-0.15, -0.1) is 0 Å². The maximum Gasteiger partial charge on any atom is 0.322 e. The van der Waals surface area contributed by atoms with Crippen molar-refractivity contribution in [2.24, 2.45) is 0 Å². The first kappa shape index (κ1) is 29.8. The molecule has 1 saturated heterocycles. The molecule has 1 aliphatic rings. The maximum atomic E-state index is 14.8. The standard InChI is InChI=1S/C33H33Br2N2O3P/c34-21-27-11-15-29(16-12-27)23-36-31(19-25-7-3-1-4-8-25)41(39,40)32(20-26-9-5-2-6-10-26)37(33(36)38)24-30-17-13-28(22-35)14-18-30/h1-18,31-32H,19-24H2,(H,39,40)/t31-,32-/m1/s1. The zero-order valence-corrected chi connectivity index (χ0v) is 26.7. The van der Waals surface area contributed by atoms with Crippen LogP contribution in [0.2, 0.25) is 0 Å². The lowest BCUT2D eigenvalue weighted by molar-refractivity contribution is 0.112. The van der Waals surface area contributed by atoms with Gasteiger partial charge in [0.25, 0.3) is 0 Å². The van der Waals surface area contributed by atoms with E-state index >= 15 is 0 Å². The van der Waals surface area contributed by atoms with Crippen LogP contribution in [0, 0.1) is 0 Å². The first-order valence-electron chi connectivity index (χ1n) is 13.6. The van der Waals surface area contributed by atoms with Crippen molar-refractivity contribution in [2.75, 3.05) is 0 Å². The zero-order chi connectivity index (χ0) is 28.8. The highest BCUT2D eigenvalue weighted by Gasteiger charge is 2.53. The Bertz CT molecular complexity index is 1380. The summed E-state index contributed by atoms with van der Waals surface area (Å²) in [5.74, 6) is -1.71. The summed E-state index contributed by atoms with van der Waals surface area (Å²) in [6.07, 6.45) is 0.609. The number of carbonyl (C=O) groups is 1. The van der Waals surface area contributed by atoms with E-state index < -0.39 is 18.9 Å². The number of alkyl halides is 2. The summed E-state index contributed by atoms with van der Waals surface area (Å²) in [7, 11) is -3.98. The van der Waals surface area contributed by atoms with Gasteiger partial charge in [0.05, 0.1) is 0 Å². The molecule has 0 spiro atoms. The van der Waals surface area contributed by atoms with E-state index in [1.165, 1.54) is 0 Å². The molecule has 0 saturated carbocycles. The van der Waals surface area contributed by atoms with Gasteiger partial charge in [0.2, 0.25) is 7.37 Å². The first-order valence-corrected chi connectivity index (χ1v) is 17.7. The number of hydrogen-bond donors (Lipinski definition) is 1. The smallest absolute Gasteiger partial charge is 0.322 e. The number of halogens is 2. The SMILES string of the molecule is O=C1N(Cc2ccc(CBr)cc2)[C@@H](Cc2ccccc2)P(=O)(O)[C@H](Cc2ccccc2)N1Cc1ccc(CBr)cc1. The Balaban J connectivity index is 1.56. The van der Waals surface area contributed by atoms with Crippen molar-refractivity contribution in [1.82, 2.24) is 9.80 Å². The van der Waals surface area contributed by atoms with Gasteiger partial charge in [0.1, 0.15) is 11.6 Å². The first-order chi connectivity index (χ1) is 19.9. The molecule has 5 nitrogen and oxygen atoms in total. The topological polar surface area (TPSA) is 60.9 Å². The van der Waals surface area contributed by atoms with E-state index in [-0.39, 0.29) is 19.1 Å². The van der Waals surface area contributed by atoms with Crippen LogP contribution < -0.4 is 0 Å². The second kappa shape index (κ2) is 13.5. The highest BCUT2D eigenvalue weighted by Crippen LogP contribution is 2.59. The molecule has 5 rings (SSSR count). The number of hydrogen-bond acceptors (Lipinski definition) is 2. The van der Waals surface area contributed by atoms with E-state index in [2.05, 4.69) is 31.9 Å². The van der Waals surface area contributed by atoms with Crippen molar-refractivity contribution in [3.63, 3.8) is 0 Å². The average Bonchev–Trinajstić information content (AvgIpc) is 3.01. The van der Waals surface area contributed by atoms with Crippen LogP contribution in [0.5, 0.6) is 0 Å². The van der Waals surface area contributed by atoms with Crippen LogP contribution in [0.25, 0.3) is 0 Å². The molecule has 2 atom stereocenters. The molecule has 0 aliphatic carbocycles. The predicted octanol–water partition coefficient (Wildman–Crippen LogP) is 8.32. The van der Waals surface area contributed by atoms with Crippen LogP contribution in [0.15, 0.2) is 109 Å². The predicted molar refractivity (Wildman–Crippen MR) is 172 cm³/mol. The molecule has 0 aromatic heterocycles. The van der Waals surface area contributed by atoms with Gasteiger partial charge in [0, 0.05) is 36.6 Å². The number of benzene rings is 4. The minimum absolute atomic E-state index is 0.221. The molecule has 212 valence electrons. The minimum Gasteiger partial charge on any atom is -0.341 e. The molecular weight excluding hydrogens is 663 g/mol. The van der Waals surface area contributed by atoms with Crippen molar-refractivity contribution in [1.29, 1.82) is 0 Å². The van der Waals surface area contributed by atoms with E-state index in [4.69, 9.17) is 0 Å². The Kier molecular flexibility index (Phi) is 9.82. The Morgan fingerprint density at radius 2 is 0.902 bits per heavy atom. The van der Waals surface area contributed by atoms with Gasteiger partial charge in [-0.25, -0.2) is 4.79 Å². The van der Waals surface area contributed by atoms with Crippen LogP contribution in [0.1, 0.15) is 33.4 Å². The van der Waals surface area contributed by atoms with Gasteiger partial charge in [0.15, 0.2) is 0 Å². The number of urea groups is 1. The van der Waals surface area contributed by atoms with Gasteiger partial charge in [-0.1, -0.05) is 141 Å². The molecule has 41 heavy (non-hydrogen) atoms. The van der Waals surface area contributed by atoms with Gasteiger partial charge in [-0.3, -0.25) is 4.57 Å². The van der Waals surface area contributed by atoms with Crippen LogP contribution in [-0.2, 0) is 41.2 Å². The largest absolute Gasteiger partial charge is 0.341 e. The quantitative estimate of drug-likeness (QED) is 0.134.